The van der Waals surface area contributed by atoms with Gasteiger partial charge in [0.1, 0.15) is 5.75 Å². The third-order valence-electron chi connectivity index (χ3n) is 10.9. The summed E-state index contributed by atoms with van der Waals surface area (Å²) in [7, 11) is 0. The van der Waals surface area contributed by atoms with Crippen LogP contribution in [0.2, 0.25) is 0 Å². The topological polar surface area (TPSA) is 85.5 Å². The molecule has 2 saturated carbocycles. The fraction of sp³-hybridized carbons (Fsp3) is 0.432. The van der Waals surface area contributed by atoms with Crippen LogP contribution in [0, 0.1) is 23.2 Å². The second-order valence-electron chi connectivity index (χ2n) is 13.1. The van der Waals surface area contributed by atoms with Crippen LogP contribution in [0.5, 0.6) is 5.75 Å². The molecule has 3 aliphatic carbocycles. The van der Waals surface area contributed by atoms with E-state index in [-0.39, 0.29) is 22.7 Å². The molecule has 2 fully saturated rings. The predicted octanol–water partition coefficient (Wildman–Crippen LogP) is 7.72. The molecule has 0 radical (unpaired) electrons. The van der Waals surface area contributed by atoms with Crippen LogP contribution in [0.15, 0.2) is 65.5 Å². The van der Waals surface area contributed by atoms with Crippen molar-refractivity contribution in [3.05, 3.63) is 87.6 Å². The van der Waals surface area contributed by atoms with Crippen molar-refractivity contribution >= 4 is 33.7 Å². The Balaban J connectivity index is 1.10. The third-order valence-corrected chi connectivity index (χ3v) is 10.9. The molecule has 5 atom stereocenters. The lowest BCUT2D eigenvalue weighted by molar-refractivity contribution is -0.154. The van der Waals surface area contributed by atoms with Gasteiger partial charge >= 0.3 is 11.9 Å². The molecular weight excluding hydrogens is 538 g/mol. The molecule has 3 aromatic carbocycles. The van der Waals surface area contributed by atoms with E-state index in [0.29, 0.717) is 57.5 Å². The Morgan fingerprint density at radius 3 is 2.67 bits per heavy atom. The van der Waals surface area contributed by atoms with Gasteiger partial charge < -0.3 is 14.5 Å². The lowest BCUT2D eigenvalue weighted by atomic mass is 9.54. The molecular formula is C37H39NO5. The first-order valence-corrected chi connectivity index (χ1v) is 15.9. The van der Waals surface area contributed by atoms with Crippen LogP contribution in [0.4, 0.5) is 0 Å². The molecule has 1 N–H and O–H groups in total. The number of ether oxygens (including phenoxy) is 2. The molecule has 43 heavy (non-hydrogen) atoms. The number of aromatic nitrogens is 1. The number of nitrogens with one attached hydrogen (secondary N) is 1. The van der Waals surface area contributed by atoms with Gasteiger partial charge in [0, 0.05) is 16.3 Å². The zero-order valence-corrected chi connectivity index (χ0v) is 25.0. The number of carbonyl (C=O) groups excluding carboxylic acids is 2. The SMILES string of the molecule is CCCCOC(=O)C1CCC2C3CCc4cc(OC(=O)c5cccc6c(=O)c7ccccc7[nH]c56)ccc4C3CCC12C. The van der Waals surface area contributed by atoms with Crippen LogP contribution in [-0.4, -0.2) is 23.5 Å². The summed E-state index contributed by atoms with van der Waals surface area (Å²) in [5.41, 5.74) is 4.05. The van der Waals surface area contributed by atoms with Gasteiger partial charge in [0.2, 0.25) is 0 Å². The van der Waals surface area contributed by atoms with E-state index in [1.807, 2.05) is 30.3 Å². The van der Waals surface area contributed by atoms with Gasteiger partial charge in [-0.2, -0.15) is 0 Å². The van der Waals surface area contributed by atoms with Crippen molar-refractivity contribution in [1.82, 2.24) is 4.98 Å². The van der Waals surface area contributed by atoms with E-state index in [1.165, 1.54) is 11.1 Å². The number of fused-ring (bicyclic) bond motifs is 7. The van der Waals surface area contributed by atoms with Crippen LogP contribution in [0.1, 0.15) is 86.2 Å². The highest BCUT2D eigenvalue weighted by atomic mass is 16.5. The number of rotatable bonds is 6. The minimum Gasteiger partial charge on any atom is -0.465 e. The number of carbonyl (C=O) groups is 2. The Morgan fingerprint density at radius 1 is 0.977 bits per heavy atom. The second-order valence-corrected chi connectivity index (χ2v) is 13.1. The first-order valence-electron chi connectivity index (χ1n) is 15.9. The molecule has 0 spiro atoms. The van der Waals surface area contributed by atoms with Gasteiger partial charge in [-0.25, -0.2) is 4.79 Å². The molecule has 0 bridgehead atoms. The molecule has 6 nitrogen and oxygen atoms in total. The van der Waals surface area contributed by atoms with Crippen molar-refractivity contribution in [3.63, 3.8) is 0 Å². The summed E-state index contributed by atoms with van der Waals surface area (Å²) in [5.74, 6) is 1.64. The van der Waals surface area contributed by atoms with Gasteiger partial charge in [0.25, 0.3) is 0 Å². The van der Waals surface area contributed by atoms with Gasteiger partial charge in [0.15, 0.2) is 5.43 Å². The molecule has 0 aliphatic heterocycles. The Labute approximate surface area is 251 Å². The predicted molar refractivity (Wildman–Crippen MR) is 167 cm³/mol. The maximum absolute atomic E-state index is 13.4. The minimum atomic E-state index is -0.485. The Bertz CT molecular complexity index is 1790. The number of para-hydroxylation sites is 2. The number of aromatic amines is 1. The molecule has 3 aliphatic rings. The van der Waals surface area contributed by atoms with Gasteiger partial charge in [-0.15, -0.1) is 0 Å². The highest BCUT2D eigenvalue weighted by molar-refractivity contribution is 6.06. The highest BCUT2D eigenvalue weighted by Crippen LogP contribution is 2.63. The quantitative estimate of drug-likeness (QED) is 0.110. The first-order chi connectivity index (χ1) is 20.9. The van der Waals surface area contributed by atoms with Crippen LogP contribution in [0.25, 0.3) is 21.8 Å². The maximum atomic E-state index is 13.4. The molecule has 6 heteroatoms. The minimum absolute atomic E-state index is 0.0143. The molecule has 4 aromatic rings. The highest BCUT2D eigenvalue weighted by Gasteiger charge is 2.57. The maximum Gasteiger partial charge on any atom is 0.345 e. The average Bonchev–Trinajstić information content (AvgIpc) is 3.38. The van der Waals surface area contributed by atoms with Gasteiger partial charge in [-0.05, 0) is 116 Å². The summed E-state index contributed by atoms with van der Waals surface area (Å²) in [6, 6.07) is 18.6. The number of aryl methyl sites for hydroxylation is 1. The summed E-state index contributed by atoms with van der Waals surface area (Å²) in [4.78, 5) is 42.8. The van der Waals surface area contributed by atoms with Crippen LogP contribution in [0.3, 0.4) is 0 Å². The zero-order chi connectivity index (χ0) is 29.7. The van der Waals surface area contributed by atoms with Crippen LogP contribution < -0.4 is 10.2 Å². The van der Waals surface area contributed by atoms with Crippen molar-refractivity contribution in [2.45, 2.75) is 71.1 Å². The van der Waals surface area contributed by atoms with Crippen LogP contribution >= 0.6 is 0 Å². The van der Waals surface area contributed by atoms with E-state index < -0.39 is 5.97 Å². The molecule has 222 valence electrons. The van der Waals surface area contributed by atoms with E-state index in [0.717, 1.165) is 51.4 Å². The Kier molecular flexibility index (Phi) is 7.11. The third kappa shape index (κ3) is 4.66. The monoisotopic (exact) mass is 577 g/mol. The summed E-state index contributed by atoms with van der Waals surface area (Å²) in [6.45, 7) is 4.99. The summed E-state index contributed by atoms with van der Waals surface area (Å²) < 4.78 is 11.6. The number of H-pyrrole nitrogens is 1. The summed E-state index contributed by atoms with van der Waals surface area (Å²) >= 11 is 0. The van der Waals surface area contributed by atoms with Crippen molar-refractivity contribution in [1.29, 1.82) is 0 Å². The molecule has 0 saturated heterocycles. The lowest BCUT2D eigenvalue weighted by Gasteiger charge is -2.50. The molecule has 0 amide bonds. The zero-order valence-electron chi connectivity index (χ0n) is 25.0. The fourth-order valence-corrected chi connectivity index (χ4v) is 8.71. The molecule has 7 rings (SSSR count). The molecule has 5 unspecified atom stereocenters. The Morgan fingerprint density at radius 2 is 1.81 bits per heavy atom. The van der Waals surface area contributed by atoms with Gasteiger partial charge in [-0.3, -0.25) is 9.59 Å². The number of pyridine rings is 1. The van der Waals surface area contributed by atoms with Crippen molar-refractivity contribution in [2.75, 3.05) is 6.61 Å². The summed E-state index contributed by atoms with van der Waals surface area (Å²) in [6.07, 6.45) is 8.12. The van der Waals surface area contributed by atoms with E-state index in [2.05, 4.69) is 24.9 Å². The molecule has 1 heterocycles. The van der Waals surface area contributed by atoms with Gasteiger partial charge in [0.05, 0.1) is 23.6 Å². The number of benzene rings is 3. The van der Waals surface area contributed by atoms with Crippen LogP contribution in [-0.2, 0) is 16.0 Å². The van der Waals surface area contributed by atoms with E-state index in [1.54, 1.807) is 24.3 Å². The smallest absolute Gasteiger partial charge is 0.345 e. The van der Waals surface area contributed by atoms with Crippen molar-refractivity contribution < 1.29 is 19.1 Å². The van der Waals surface area contributed by atoms with Crippen molar-refractivity contribution in [2.24, 2.45) is 23.2 Å². The number of hydrogen-bond donors (Lipinski definition) is 1. The number of hydrogen-bond acceptors (Lipinski definition) is 5. The first kappa shape index (κ1) is 27.9. The van der Waals surface area contributed by atoms with E-state index in [9.17, 15) is 14.4 Å². The lowest BCUT2D eigenvalue weighted by Crippen LogP contribution is -2.44. The Hall–Kier alpha value is -3.93. The standard InChI is InChI=1S/C37H39NO5/c1-3-4-20-42-36(41)31-17-16-30-26-14-12-22-21-23(13-15-24(22)25(26)18-19-37(30,31)2)43-35(40)29-10-7-9-28-33(29)38-32-11-6-5-8-27(32)34(28)39/h5-11,13,15,21,25-26,30-31H,3-4,12,14,16-20H2,1-2H3,(H,38,39). The largest absolute Gasteiger partial charge is 0.465 e. The van der Waals surface area contributed by atoms with E-state index in [4.69, 9.17) is 9.47 Å². The number of esters is 2. The van der Waals surface area contributed by atoms with Crippen molar-refractivity contribution in [3.8, 4) is 5.75 Å². The van der Waals surface area contributed by atoms with Gasteiger partial charge in [-0.1, -0.05) is 44.5 Å². The number of unbranched alkanes of at least 4 members (excludes halogenated alkanes) is 1. The fourth-order valence-electron chi connectivity index (χ4n) is 8.71. The summed E-state index contributed by atoms with van der Waals surface area (Å²) in [5, 5.41) is 1.06. The second kappa shape index (κ2) is 11.0. The van der Waals surface area contributed by atoms with E-state index >= 15 is 0 Å². The normalized spacial score (nSPS) is 26.0. The molecule has 1 aromatic heterocycles. The average molecular weight is 578 g/mol.